The van der Waals surface area contributed by atoms with Gasteiger partial charge in [-0.2, -0.15) is 26.3 Å². The van der Waals surface area contributed by atoms with E-state index in [2.05, 4.69) is 18.8 Å². The van der Waals surface area contributed by atoms with Crippen molar-refractivity contribution < 1.29 is 74.3 Å². The summed E-state index contributed by atoms with van der Waals surface area (Å²) in [5.41, 5.74) is -2.21. The Hall–Kier alpha value is -2.09. The highest BCUT2D eigenvalue weighted by Crippen LogP contribution is 2.65. The lowest BCUT2D eigenvalue weighted by Gasteiger charge is -2.62. The minimum atomic E-state index is -4.97. The SMILES string of the molecule is C[C@@H]1CC[C@H]2C(COCc3cccc(CO[C@@]4(C(F)(F)F)O[C@@H]5O[C@]6(C)CCC7[C@H](C)CC[C@@H]([C@H]4C)C75OO6)n3)=C(C(F)(F)F)O[C@@H]3O[C@]4(C)CCC1C32OO4. The predicted octanol–water partition coefficient (Wildman–Crippen LogP) is 8.32. The number of hydrogen-bond donors (Lipinski definition) is 0. The van der Waals surface area contributed by atoms with Crippen molar-refractivity contribution in [1.82, 2.24) is 4.98 Å². The highest BCUT2D eigenvalue weighted by Gasteiger charge is 2.77. The molecule has 2 saturated carbocycles. The first-order valence-electron chi connectivity index (χ1n) is 19.8. The van der Waals surface area contributed by atoms with Crippen molar-refractivity contribution in [1.29, 1.82) is 0 Å². The number of aromatic nitrogens is 1. The summed E-state index contributed by atoms with van der Waals surface area (Å²) in [6, 6.07) is 4.65. The zero-order valence-corrected chi connectivity index (χ0v) is 32.0. The second-order valence-electron chi connectivity index (χ2n) is 17.7. The summed E-state index contributed by atoms with van der Waals surface area (Å²) in [7, 11) is 0. The summed E-state index contributed by atoms with van der Waals surface area (Å²) in [5, 5.41) is 0. The number of fused-ring (bicyclic) bond motifs is 4. The van der Waals surface area contributed by atoms with Gasteiger partial charge in [0.15, 0.2) is 17.5 Å². The Morgan fingerprint density at radius 2 is 1.30 bits per heavy atom. The molecule has 56 heavy (non-hydrogen) atoms. The molecular weight excluding hydrogens is 756 g/mol. The molecule has 2 aliphatic carbocycles. The lowest BCUT2D eigenvalue weighted by molar-refractivity contribution is -0.599. The standard InChI is InChI=1S/C39H49F6NO10/c1-20-9-11-28-22(3)37(39(43,44)45,52-32-35(28)26(20)13-16-34(5,51-32)54-55-35)48-18-24-8-6-7-23(46-24)17-47-19-25-29-12-10-21(2)27-14-15-33(4)50-31(36(27,29)56-53-33)49-30(25)38(40,41)42/h6-8,20-22,26-29,31-32H,9-19H2,1-5H3/t20-,21-,22-,26?,27?,28+,29+,31-,32+,33+,34+,35?,36?,37-/m1/s1. The van der Waals surface area contributed by atoms with E-state index in [1.54, 1.807) is 26.0 Å². The van der Waals surface area contributed by atoms with Gasteiger partial charge in [-0.25, -0.2) is 19.6 Å². The van der Waals surface area contributed by atoms with Crippen LogP contribution in [0.5, 0.6) is 0 Å². The van der Waals surface area contributed by atoms with Crippen molar-refractivity contribution in [2.45, 2.75) is 153 Å². The van der Waals surface area contributed by atoms with E-state index in [1.165, 1.54) is 13.0 Å². The monoisotopic (exact) mass is 805 g/mol. The molecule has 0 radical (unpaired) electrons. The lowest BCUT2D eigenvalue weighted by atomic mass is 9.57. The van der Waals surface area contributed by atoms with E-state index in [1.807, 2.05) is 0 Å². The minimum absolute atomic E-state index is 0.104. The molecular formula is C39H49F6NO10. The number of ether oxygens (including phenoxy) is 6. The van der Waals surface area contributed by atoms with Crippen LogP contribution >= 0.6 is 0 Å². The van der Waals surface area contributed by atoms with Crippen LogP contribution in [-0.2, 0) is 61.2 Å². The van der Waals surface area contributed by atoms with Crippen molar-refractivity contribution in [3.05, 3.63) is 40.9 Å². The van der Waals surface area contributed by atoms with E-state index >= 15 is 13.2 Å². The van der Waals surface area contributed by atoms with Gasteiger partial charge in [-0.15, -0.1) is 0 Å². The Labute approximate surface area is 320 Å². The molecule has 312 valence electrons. The smallest absolute Gasteiger partial charge is 0.449 e. The van der Waals surface area contributed by atoms with Gasteiger partial charge in [0.1, 0.15) is 0 Å². The molecule has 9 fully saturated rings. The average Bonchev–Trinajstić information content (AvgIpc) is 3.51. The predicted molar refractivity (Wildman–Crippen MR) is 177 cm³/mol. The van der Waals surface area contributed by atoms with Crippen LogP contribution in [0.1, 0.15) is 97.4 Å². The van der Waals surface area contributed by atoms with Crippen molar-refractivity contribution in [3.63, 3.8) is 0 Å². The molecule has 1 aromatic heterocycles. The molecule has 0 amide bonds. The molecule has 8 aliphatic heterocycles. The van der Waals surface area contributed by atoms with E-state index < -0.39 is 90.2 Å². The average molecular weight is 806 g/mol. The van der Waals surface area contributed by atoms with Crippen LogP contribution in [0.25, 0.3) is 0 Å². The molecule has 17 heteroatoms. The van der Waals surface area contributed by atoms with Gasteiger partial charge in [0.25, 0.3) is 5.79 Å². The fourth-order valence-electron chi connectivity index (χ4n) is 11.5. The third-order valence-electron chi connectivity index (χ3n) is 14.4. The van der Waals surface area contributed by atoms with Gasteiger partial charge in [-0.3, -0.25) is 4.98 Å². The number of pyridine rings is 1. The quantitative estimate of drug-likeness (QED) is 0.196. The normalized spacial score (nSPS) is 47.1. The zero-order valence-electron chi connectivity index (χ0n) is 32.0. The molecule has 11 rings (SSSR count). The molecule has 14 atom stereocenters. The molecule has 9 heterocycles. The van der Waals surface area contributed by atoms with Crippen molar-refractivity contribution >= 4 is 0 Å². The number of nitrogens with zero attached hydrogens (tertiary/aromatic N) is 1. The Bertz CT molecular complexity index is 1730. The summed E-state index contributed by atoms with van der Waals surface area (Å²) < 4.78 is 126. The molecule has 0 aromatic carbocycles. The summed E-state index contributed by atoms with van der Waals surface area (Å²) >= 11 is 0. The van der Waals surface area contributed by atoms with Crippen LogP contribution in [-0.4, -0.2) is 65.1 Å². The van der Waals surface area contributed by atoms with Gasteiger partial charge in [0, 0.05) is 42.1 Å². The number of halogens is 6. The topological polar surface area (TPSA) is 105 Å². The lowest BCUT2D eigenvalue weighted by Crippen LogP contribution is -2.75. The van der Waals surface area contributed by atoms with E-state index in [-0.39, 0.29) is 47.2 Å². The van der Waals surface area contributed by atoms with Gasteiger partial charge < -0.3 is 28.4 Å². The van der Waals surface area contributed by atoms with E-state index in [0.29, 0.717) is 51.4 Å². The van der Waals surface area contributed by atoms with Crippen molar-refractivity contribution in [2.75, 3.05) is 6.61 Å². The fraction of sp³-hybridized carbons (Fsp3) is 0.821. The van der Waals surface area contributed by atoms with Crippen LogP contribution in [0, 0.1) is 41.4 Å². The maximum Gasteiger partial charge on any atom is 0.449 e. The Kier molecular flexibility index (Phi) is 9.28. The Balaban J connectivity index is 0.938. The first-order chi connectivity index (χ1) is 26.3. The first kappa shape index (κ1) is 39.4. The summed E-state index contributed by atoms with van der Waals surface area (Å²) in [5.74, 6) is -9.44. The molecule has 4 bridgehead atoms. The largest absolute Gasteiger partial charge is 0.456 e. The number of hydrogen-bond acceptors (Lipinski definition) is 11. The van der Waals surface area contributed by atoms with Crippen molar-refractivity contribution in [3.8, 4) is 0 Å². The second kappa shape index (κ2) is 13.2. The molecule has 10 aliphatic rings. The third kappa shape index (κ3) is 5.83. The van der Waals surface area contributed by atoms with Gasteiger partial charge in [0.05, 0.1) is 31.2 Å². The van der Waals surface area contributed by atoms with Crippen LogP contribution in [0.2, 0.25) is 0 Å². The van der Waals surface area contributed by atoms with Gasteiger partial charge in [-0.05, 0) is 82.3 Å². The third-order valence-corrected chi connectivity index (χ3v) is 14.4. The first-order valence-corrected chi connectivity index (χ1v) is 19.8. The van der Waals surface area contributed by atoms with E-state index in [9.17, 15) is 13.2 Å². The maximum absolute atomic E-state index is 15.4. The maximum atomic E-state index is 15.4. The van der Waals surface area contributed by atoms with Crippen LogP contribution in [0.15, 0.2) is 29.5 Å². The molecule has 7 saturated heterocycles. The van der Waals surface area contributed by atoms with Gasteiger partial charge >= 0.3 is 12.4 Å². The summed E-state index contributed by atoms with van der Waals surface area (Å²) in [6.45, 7) is 7.56. The summed E-state index contributed by atoms with van der Waals surface area (Å²) in [4.78, 5) is 28.0. The van der Waals surface area contributed by atoms with Crippen LogP contribution in [0.4, 0.5) is 26.3 Å². The van der Waals surface area contributed by atoms with E-state index in [0.717, 1.165) is 0 Å². The molecule has 4 unspecified atom stereocenters. The molecule has 0 N–H and O–H groups in total. The van der Waals surface area contributed by atoms with E-state index in [4.69, 9.17) is 48.0 Å². The minimum Gasteiger partial charge on any atom is -0.456 e. The number of allylic oxidation sites excluding steroid dienone is 1. The van der Waals surface area contributed by atoms with Crippen LogP contribution < -0.4 is 0 Å². The second-order valence-corrected chi connectivity index (χ2v) is 17.7. The van der Waals surface area contributed by atoms with Gasteiger partial charge in [-0.1, -0.05) is 26.8 Å². The van der Waals surface area contributed by atoms with Crippen LogP contribution in [0.3, 0.4) is 0 Å². The number of alkyl halides is 6. The van der Waals surface area contributed by atoms with Gasteiger partial charge in [0.2, 0.25) is 23.6 Å². The Morgan fingerprint density at radius 1 is 0.696 bits per heavy atom. The highest BCUT2D eigenvalue weighted by molar-refractivity contribution is 5.28. The zero-order chi connectivity index (χ0) is 39.7. The molecule has 1 aromatic rings. The summed E-state index contributed by atoms with van der Waals surface area (Å²) in [6.07, 6.45) is -8.22. The fourth-order valence-corrected chi connectivity index (χ4v) is 11.5. The molecule has 11 nitrogen and oxygen atoms in total. The Morgan fingerprint density at radius 3 is 1.96 bits per heavy atom. The van der Waals surface area contributed by atoms with Crippen molar-refractivity contribution in [2.24, 2.45) is 41.4 Å². The molecule has 2 spiro atoms. The number of rotatable bonds is 7. The highest BCUT2D eigenvalue weighted by atomic mass is 19.4.